The summed E-state index contributed by atoms with van der Waals surface area (Å²) in [6.07, 6.45) is 5.99. The minimum absolute atomic E-state index is 0.0415. The maximum absolute atomic E-state index is 15.4. The van der Waals surface area contributed by atoms with Gasteiger partial charge in [-0.05, 0) is 97.2 Å². The minimum atomic E-state index is -2.51. The van der Waals surface area contributed by atoms with Gasteiger partial charge in [0.05, 0.1) is 25.9 Å². The van der Waals surface area contributed by atoms with Crippen LogP contribution in [0, 0.1) is 11.3 Å². The standard InChI is InChI=1S/C51H63N7O9S2/c1-6-47(63)27-31-28-50(45(61)66-5,40-33(16-21-57(29-31)30-47)32-13-8-9-14-36(32)53-40)35-25-34-37(26-38(35)65-4)56(3)42-49(34)18-22-58-20-12-17-48(7-2,41(49)58)43(59)51(42,64)44(60)54-55-46(62)67-23-24-68-69-39-15-10-11-19-52-39/h8-15,17,19,25-26,31,41-43,53,59,63-64H,6-7,16,18,20-24,27-30H2,1-5H3,(H,54,60)(H,55,62)/t31-,41-,42+,43+,47-,48+,49+,50-,51-/m0/s1. The van der Waals surface area contributed by atoms with Gasteiger partial charge in [0.25, 0.3) is 5.91 Å². The Kier molecular flexibility index (Phi) is 12.5. The molecule has 3 fully saturated rings. The van der Waals surface area contributed by atoms with E-state index in [9.17, 15) is 24.9 Å². The van der Waals surface area contributed by atoms with E-state index in [0.717, 1.165) is 32.7 Å². The van der Waals surface area contributed by atoms with Gasteiger partial charge in [-0.3, -0.25) is 24.8 Å². The smallest absolute Gasteiger partial charge is 0.426 e. The third-order valence-electron chi connectivity index (χ3n) is 16.7. The van der Waals surface area contributed by atoms with Crippen LogP contribution in [0.25, 0.3) is 10.9 Å². The predicted octanol–water partition coefficient (Wildman–Crippen LogP) is 4.84. The van der Waals surface area contributed by atoms with Crippen LogP contribution in [0.15, 0.2) is 78.0 Å². The topological polar surface area (TPSA) is 202 Å². The van der Waals surface area contributed by atoms with Crippen molar-refractivity contribution in [2.24, 2.45) is 11.3 Å². The number of benzene rings is 2. The molecule has 1 aliphatic carbocycles. The number of hydrogen-bond acceptors (Lipinski definition) is 15. The first-order valence-corrected chi connectivity index (χ1v) is 26.4. The molecule has 16 nitrogen and oxygen atoms in total. The third-order valence-corrected chi connectivity index (χ3v) is 18.9. The minimum Gasteiger partial charge on any atom is -0.496 e. The summed E-state index contributed by atoms with van der Waals surface area (Å²) in [7, 11) is 7.73. The number of aromatic amines is 1. The highest BCUT2D eigenvalue weighted by atomic mass is 33.1. The van der Waals surface area contributed by atoms with Gasteiger partial charge in [-0.1, -0.05) is 61.1 Å². The van der Waals surface area contributed by atoms with E-state index in [1.807, 2.05) is 80.4 Å². The molecule has 69 heavy (non-hydrogen) atoms. The Morgan fingerprint density at radius 2 is 1.80 bits per heavy atom. The number of H-pyrrole nitrogens is 1. The van der Waals surface area contributed by atoms with Gasteiger partial charge in [0, 0.05) is 96.0 Å². The highest BCUT2D eigenvalue weighted by molar-refractivity contribution is 8.76. The van der Waals surface area contributed by atoms with E-state index in [4.69, 9.17) is 14.2 Å². The van der Waals surface area contributed by atoms with E-state index in [0.29, 0.717) is 94.0 Å². The molecule has 5 aliphatic heterocycles. The van der Waals surface area contributed by atoms with E-state index in [1.165, 1.54) is 28.7 Å². The molecule has 10 rings (SSSR count). The zero-order chi connectivity index (χ0) is 48.5. The van der Waals surface area contributed by atoms with Crippen LogP contribution < -0.4 is 20.5 Å². The van der Waals surface area contributed by atoms with Gasteiger partial charge in [0.2, 0.25) is 0 Å². The number of aromatic nitrogens is 2. The van der Waals surface area contributed by atoms with Gasteiger partial charge >= 0.3 is 12.1 Å². The fourth-order valence-electron chi connectivity index (χ4n) is 13.9. The number of pyridine rings is 1. The Morgan fingerprint density at radius 1 is 0.986 bits per heavy atom. The number of hydrogen-bond donors (Lipinski definition) is 6. The molecule has 0 radical (unpaired) electrons. The second-order valence-electron chi connectivity index (χ2n) is 19.9. The van der Waals surface area contributed by atoms with Crippen molar-refractivity contribution in [3.8, 4) is 5.75 Å². The van der Waals surface area contributed by atoms with Crippen LogP contribution in [0.2, 0.25) is 0 Å². The Balaban J connectivity index is 1.09. The normalized spacial score (nSPS) is 33.2. The lowest BCUT2D eigenvalue weighted by Crippen LogP contribution is -2.82. The van der Waals surface area contributed by atoms with Crippen LogP contribution in [0.5, 0.6) is 5.75 Å². The lowest BCUT2D eigenvalue weighted by atomic mass is 9.47. The van der Waals surface area contributed by atoms with Gasteiger partial charge in [-0.2, -0.15) is 0 Å². The van der Waals surface area contributed by atoms with E-state index in [1.54, 1.807) is 13.3 Å². The van der Waals surface area contributed by atoms with Crippen LogP contribution in [-0.4, -0.2) is 149 Å². The van der Waals surface area contributed by atoms with Crippen molar-refractivity contribution in [1.82, 2.24) is 30.6 Å². The number of carbonyl (C=O) groups is 3. The van der Waals surface area contributed by atoms with Gasteiger partial charge in [0.1, 0.15) is 28.9 Å². The molecule has 7 heterocycles. The number of aliphatic hydroxyl groups is 3. The van der Waals surface area contributed by atoms with Crippen molar-refractivity contribution >= 4 is 56.1 Å². The molecule has 2 aromatic heterocycles. The summed E-state index contributed by atoms with van der Waals surface area (Å²) >= 11 is 0. The molecule has 6 N–H and O–H groups in total. The molecule has 10 atom stereocenters. The lowest BCUT2D eigenvalue weighted by Gasteiger charge is -2.63. The summed E-state index contributed by atoms with van der Waals surface area (Å²) in [6.45, 7) is 7.14. The first-order valence-electron chi connectivity index (χ1n) is 24.1. The zero-order valence-corrected chi connectivity index (χ0v) is 41.5. The molecule has 2 saturated heterocycles. The number of hydrazine groups is 1. The van der Waals surface area contributed by atoms with Gasteiger partial charge in [-0.25, -0.2) is 15.2 Å². The Hall–Kier alpha value is -4.82. The number of anilines is 1. The molecule has 1 spiro atoms. The summed E-state index contributed by atoms with van der Waals surface area (Å²) < 4.78 is 17.8. The Morgan fingerprint density at radius 3 is 2.55 bits per heavy atom. The molecule has 4 aromatic rings. The van der Waals surface area contributed by atoms with E-state index >= 15 is 4.79 Å². The average molecular weight is 982 g/mol. The first kappa shape index (κ1) is 47.8. The molecule has 6 aliphatic rings. The lowest BCUT2D eigenvalue weighted by molar-refractivity contribution is -0.204. The third kappa shape index (κ3) is 7.28. The van der Waals surface area contributed by atoms with Crippen LogP contribution in [-0.2, 0) is 36.3 Å². The van der Waals surface area contributed by atoms with Gasteiger partial charge in [0.15, 0.2) is 5.60 Å². The van der Waals surface area contributed by atoms with Crippen molar-refractivity contribution in [2.45, 2.75) is 97.6 Å². The highest BCUT2D eigenvalue weighted by Crippen LogP contribution is 2.67. The molecular formula is C51H63N7O9S2. The van der Waals surface area contributed by atoms with Crippen LogP contribution in [0.4, 0.5) is 10.5 Å². The highest BCUT2D eigenvalue weighted by Gasteiger charge is 2.79. The molecular weight excluding hydrogens is 919 g/mol. The Labute approximate surface area is 410 Å². The average Bonchev–Trinajstić information content (AvgIpc) is 4.03. The number of methoxy groups -OCH3 is 2. The molecule has 2 bridgehead atoms. The number of aliphatic hydroxyl groups excluding tert-OH is 1. The van der Waals surface area contributed by atoms with Crippen molar-refractivity contribution in [3.63, 3.8) is 0 Å². The number of para-hydroxylation sites is 1. The number of esters is 1. The van der Waals surface area contributed by atoms with Crippen molar-refractivity contribution < 1.29 is 43.9 Å². The SMILES string of the molecule is CC[C@]1(O)C[C@@H]2CN(CCc3c([nH]c4ccccc34)[C@@](C(=O)OC)(c3cc4c(cc3OC)N(C)[C@H]3[C@@](O)(C(=O)NNC(=O)OCCSSc5ccccn5)[C@H](O)[C@]5(CC)C=CCN6CC[C@]43[C@@H]65)C2)C1. The molecule has 2 aromatic carbocycles. The predicted molar refractivity (Wildman–Crippen MR) is 264 cm³/mol. The molecule has 1 saturated carbocycles. The fourth-order valence-corrected chi connectivity index (χ4v) is 15.6. The van der Waals surface area contributed by atoms with Gasteiger partial charge < -0.3 is 39.4 Å². The summed E-state index contributed by atoms with van der Waals surface area (Å²) in [4.78, 5) is 58.0. The molecule has 18 heteroatoms. The monoisotopic (exact) mass is 981 g/mol. The van der Waals surface area contributed by atoms with E-state index in [2.05, 4.69) is 42.8 Å². The molecule has 1 unspecified atom stereocenters. The number of rotatable bonds is 11. The number of nitrogens with one attached hydrogen (secondary N) is 3. The molecule has 368 valence electrons. The van der Waals surface area contributed by atoms with Crippen molar-refractivity contribution in [3.05, 3.63) is 95.3 Å². The summed E-state index contributed by atoms with van der Waals surface area (Å²) in [5.74, 6) is -0.720. The summed E-state index contributed by atoms with van der Waals surface area (Å²) in [6, 6.07) is 16.2. The largest absolute Gasteiger partial charge is 0.496 e. The quantitative estimate of drug-likeness (QED) is 0.0392. The van der Waals surface area contributed by atoms with Crippen LogP contribution >= 0.6 is 21.6 Å². The maximum atomic E-state index is 15.4. The number of amides is 2. The van der Waals surface area contributed by atoms with Crippen molar-refractivity contribution in [2.75, 3.05) is 71.3 Å². The fraction of sp³-hybridized carbons (Fsp3) is 0.529. The van der Waals surface area contributed by atoms with E-state index in [-0.39, 0.29) is 18.6 Å². The maximum Gasteiger partial charge on any atom is 0.426 e. The zero-order valence-electron chi connectivity index (χ0n) is 39.8. The van der Waals surface area contributed by atoms with Crippen LogP contribution in [0.1, 0.15) is 68.3 Å². The Bertz CT molecular complexity index is 2670. The number of likely N-dealkylation sites (N-methyl/N-ethyl adjacent to an activating group) is 1. The number of fused-ring (bicyclic) bond motifs is 6. The van der Waals surface area contributed by atoms with Crippen LogP contribution in [0.3, 0.4) is 0 Å². The molecule has 2 amide bonds. The number of ether oxygens (including phenoxy) is 3. The second kappa shape index (κ2) is 18.1. The second-order valence-corrected chi connectivity index (χ2v) is 22.3. The number of piperidine rings is 1. The van der Waals surface area contributed by atoms with E-state index < -0.39 is 57.6 Å². The van der Waals surface area contributed by atoms with Crippen molar-refractivity contribution in [1.29, 1.82) is 0 Å². The summed E-state index contributed by atoms with van der Waals surface area (Å²) in [5, 5.41) is 40.2. The first-order chi connectivity index (χ1) is 33.2. The number of carbonyl (C=O) groups excluding carboxylic acids is 3. The summed E-state index contributed by atoms with van der Waals surface area (Å²) in [5.41, 5.74) is 2.42. The van der Waals surface area contributed by atoms with Gasteiger partial charge in [-0.15, -0.1) is 0 Å². The number of nitrogens with zero attached hydrogens (tertiary/aromatic N) is 4.